The Bertz CT molecular complexity index is 676. The molecule has 0 aliphatic heterocycles. The van der Waals surface area contributed by atoms with E-state index in [-0.39, 0.29) is 17.1 Å². The number of phenolic OH excluding ortho intramolecular Hbond substituents is 1. The number of carbonyl (C=O) groups is 1. The van der Waals surface area contributed by atoms with Crippen molar-refractivity contribution >= 4 is 5.78 Å². The van der Waals surface area contributed by atoms with Crippen molar-refractivity contribution in [2.24, 2.45) is 23.7 Å². The molecule has 2 saturated carbocycles. The van der Waals surface area contributed by atoms with E-state index < -0.39 is 0 Å². The summed E-state index contributed by atoms with van der Waals surface area (Å²) in [6.07, 6.45) is 6.20. The van der Waals surface area contributed by atoms with Gasteiger partial charge in [-0.2, -0.15) is 0 Å². The average Bonchev–Trinajstić information content (AvgIpc) is 3.35. The normalized spacial score (nSPS) is 35.0. The van der Waals surface area contributed by atoms with E-state index >= 15 is 0 Å². The molecule has 1 aromatic rings. The van der Waals surface area contributed by atoms with E-state index in [0.29, 0.717) is 24.2 Å². The van der Waals surface area contributed by atoms with Crippen LogP contribution in [0.2, 0.25) is 0 Å². The summed E-state index contributed by atoms with van der Waals surface area (Å²) in [5, 5.41) is 10.4. The van der Waals surface area contributed by atoms with E-state index in [4.69, 9.17) is 4.74 Å². The molecule has 3 aliphatic rings. The first kappa shape index (κ1) is 16.1. The van der Waals surface area contributed by atoms with Crippen LogP contribution in [0.5, 0.6) is 5.75 Å². The van der Waals surface area contributed by atoms with E-state index in [1.807, 2.05) is 12.1 Å². The number of ketones is 1. The number of phenols is 1. The summed E-state index contributed by atoms with van der Waals surface area (Å²) in [5.74, 6) is 2.47. The lowest BCUT2D eigenvalue weighted by atomic mass is 9.51. The maximum Gasteiger partial charge on any atom is 0.166 e. The van der Waals surface area contributed by atoms with Gasteiger partial charge in [0.15, 0.2) is 5.78 Å². The first-order valence-corrected chi connectivity index (χ1v) is 9.35. The highest BCUT2D eigenvalue weighted by molar-refractivity contribution is 6.02. The molecule has 3 aliphatic carbocycles. The lowest BCUT2D eigenvalue weighted by Crippen LogP contribution is -2.51. The summed E-state index contributed by atoms with van der Waals surface area (Å²) in [7, 11) is 1.62. The second-order valence-corrected chi connectivity index (χ2v) is 8.53. The summed E-state index contributed by atoms with van der Waals surface area (Å²) in [6.45, 7) is 4.89. The SMILES string of the molecule is COCc1cc2c(cc1O)[C@]1(C)CCC(CC3CC3)[C@H](C2=O)[C@@H]1C. The third kappa shape index (κ3) is 2.32. The third-order valence-electron chi connectivity index (χ3n) is 7.12. The van der Waals surface area contributed by atoms with Gasteiger partial charge in [-0.25, -0.2) is 0 Å². The van der Waals surface area contributed by atoms with Crippen molar-refractivity contribution in [3.63, 3.8) is 0 Å². The Morgan fingerprint density at radius 3 is 2.71 bits per heavy atom. The fraction of sp³-hybridized carbons (Fsp3) is 0.667. The minimum Gasteiger partial charge on any atom is -0.508 e. The topological polar surface area (TPSA) is 46.5 Å². The number of aromatic hydroxyl groups is 1. The van der Waals surface area contributed by atoms with E-state index in [0.717, 1.165) is 35.4 Å². The minimum atomic E-state index is -0.00293. The average molecular weight is 328 g/mol. The first-order valence-electron chi connectivity index (χ1n) is 9.35. The summed E-state index contributed by atoms with van der Waals surface area (Å²) in [5.41, 5.74) is 2.61. The second kappa shape index (κ2) is 5.59. The molecule has 2 fully saturated rings. The van der Waals surface area contributed by atoms with Crippen molar-refractivity contribution < 1.29 is 14.6 Å². The highest BCUT2D eigenvalue weighted by atomic mass is 16.5. The van der Waals surface area contributed by atoms with Gasteiger partial charge in [-0.15, -0.1) is 0 Å². The molecule has 0 aromatic heterocycles. The van der Waals surface area contributed by atoms with Gasteiger partial charge in [-0.3, -0.25) is 4.79 Å². The molecule has 4 rings (SSSR count). The molecular formula is C21H28O3. The Morgan fingerprint density at radius 1 is 1.29 bits per heavy atom. The summed E-state index contributed by atoms with van der Waals surface area (Å²) < 4.78 is 5.19. The monoisotopic (exact) mass is 328 g/mol. The highest BCUT2D eigenvalue weighted by Gasteiger charge is 2.53. The number of ether oxygens (including phenoxy) is 1. The third-order valence-corrected chi connectivity index (χ3v) is 7.12. The van der Waals surface area contributed by atoms with Gasteiger partial charge >= 0.3 is 0 Å². The number of fused-ring (bicyclic) bond motifs is 4. The number of carbonyl (C=O) groups excluding carboxylic acids is 1. The van der Waals surface area contributed by atoms with Crippen LogP contribution in [-0.2, 0) is 16.8 Å². The van der Waals surface area contributed by atoms with Crippen LogP contribution in [0.25, 0.3) is 0 Å². The van der Waals surface area contributed by atoms with Crippen LogP contribution in [0.3, 0.4) is 0 Å². The number of hydrogen-bond acceptors (Lipinski definition) is 3. The van der Waals surface area contributed by atoms with Crippen molar-refractivity contribution in [3.05, 3.63) is 28.8 Å². The Morgan fingerprint density at radius 2 is 2.04 bits per heavy atom. The smallest absolute Gasteiger partial charge is 0.166 e. The molecule has 0 heterocycles. The van der Waals surface area contributed by atoms with Crippen molar-refractivity contribution in [2.75, 3.05) is 7.11 Å². The fourth-order valence-electron chi connectivity index (χ4n) is 5.32. The largest absolute Gasteiger partial charge is 0.508 e. The van der Waals surface area contributed by atoms with Gasteiger partial charge in [0, 0.05) is 24.2 Å². The Balaban J connectivity index is 1.79. The maximum atomic E-state index is 13.3. The molecule has 1 unspecified atom stereocenters. The number of Topliss-reactive ketones (excluding diaryl/α,β-unsaturated/α-hetero) is 1. The van der Waals surface area contributed by atoms with Crippen LogP contribution in [0.15, 0.2) is 12.1 Å². The molecule has 3 nitrogen and oxygen atoms in total. The minimum absolute atomic E-state index is 0.00293. The lowest BCUT2D eigenvalue weighted by molar-refractivity contribution is 0.0433. The van der Waals surface area contributed by atoms with Crippen molar-refractivity contribution in [1.82, 2.24) is 0 Å². The summed E-state index contributed by atoms with van der Waals surface area (Å²) in [6, 6.07) is 3.74. The van der Waals surface area contributed by atoms with Crippen molar-refractivity contribution in [2.45, 2.75) is 58.0 Å². The van der Waals surface area contributed by atoms with Crippen molar-refractivity contribution in [1.29, 1.82) is 0 Å². The zero-order chi connectivity index (χ0) is 17.1. The Labute approximate surface area is 144 Å². The van der Waals surface area contributed by atoms with E-state index in [2.05, 4.69) is 13.8 Å². The van der Waals surface area contributed by atoms with Gasteiger partial charge in [0.05, 0.1) is 6.61 Å². The van der Waals surface area contributed by atoms with Gasteiger partial charge in [-0.05, 0) is 60.1 Å². The van der Waals surface area contributed by atoms with Crippen LogP contribution < -0.4 is 0 Å². The summed E-state index contributed by atoms with van der Waals surface area (Å²) in [4.78, 5) is 13.3. The molecule has 0 radical (unpaired) electrons. The number of rotatable bonds is 4. The molecule has 0 spiro atoms. The van der Waals surface area contributed by atoms with Crippen LogP contribution in [0.1, 0.15) is 67.4 Å². The quantitative estimate of drug-likeness (QED) is 0.888. The van der Waals surface area contributed by atoms with Crippen LogP contribution >= 0.6 is 0 Å². The number of hydrogen-bond donors (Lipinski definition) is 1. The molecule has 1 N–H and O–H groups in total. The number of benzene rings is 1. The van der Waals surface area contributed by atoms with E-state index in [1.165, 1.54) is 19.3 Å². The van der Waals surface area contributed by atoms with E-state index in [1.54, 1.807) is 7.11 Å². The molecule has 24 heavy (non-hydrogen) atoms. The van der Waals surface area contributed by atoms with Crippen LogP contribution in [0, 0.1) is 23.7 Å². The predicted octanol–water partition coefficient (Wildman–Crippen LogP) is 4.46. The molecule has 3 heteroatoms. The molecule has 1 aromatic carbocycles. The zero-order valence-electron chi connectivity index (χ0n) is 15.0. The Kier molecular flexibility index (Phi) is 3.76. The van der Waals surface area contributed by atoms with Gasteiger partial charge in [-0.1, -0.05) is 26.7 Å². The van der Waals surface area contributed by atoms with Gasteiger partial charge in [0.25, 0.3) is 0 Å². The van der Waals surface area contributed by atoms with Gasteiger partial charge < -0.3 is 9.84 Å². The molecular weight excluding hydrogens is 300 g/mol. The fourth-order valence-corrected chi connectivity index (χ4v) is 5.32. The zero-order valence-corrected chi connectivity index (χ0v) is 15.0. The predicted molar refractivity (Wildman–Crippen MR) is 93.2 cm³/mol. The molecule has 130 valence electrons. The lowest BCUT2D eigenvalue weighted by Gasteiger charge is -2.52. The molecule has 4 atom stereocenters. The van der Waals surface area contributed by atoms with Crippen LogP contribution in [0.4, 0.5) is 0 Å². The van der Waals surface area contributed by atoms with Gasteiger partial charge in [0.1, 0.15) is 5.75 Å². The molecule has 0 saturated heterocycles. The molecule has 0 amide bonds. The van der Waals surface area contributed by atoms with Crippen LogP contribution in [-0.4, -0.2) is 18.0 Å². The standard InChI is InChI=1S/C21H28O3/c1-12-19-14(8-13-4-5-13)6-7-21(12,2)17-10-18(22)15(11-24-3)9-16(17)20(19)23/h9-10,12-14,19,22H,4-8,11H2,1-3H3/t12-,14?,19+,21+/m0/s1. The summed E-state index contributed by atoms with van der Waals surface area (Å²) >= 11 is 0. The maximum absolute atomic E-state index is 13.3. The highest BCUT2D eigenvalue weighted by Crippen LogP contribution is 2.57. The van der Waals surface area contributed by atoms with Gasteiger partial charge in [0.2, 0.25) is 0 Å². The van der Waals surface area contributed by atoms with Crippen molar-refractivity contribution in [3.8, 4) is 5.75 Å². The molecule has 2 bridgehead atoms. The van der Waals surface area contributed by atoms with E-state index in [9.17, 15) is 9.90 Å². The number of methoxy groups -OCH3 is 1. The Hall–Kier alpha value is -1.35. The first-order chi connectivity index (χ1) is 11.5. The second-order valence-electron chi connectivity index (χ2n) is 8.53.